The molecule has 3 N–H and O–H groups in total. The normalized spacial score (nSPS) is 11.5. The molecule has 0 aliphatic rings. The molecule has 1 amide bonds. The Balaban J connectivity index is 2.12. The zero-order valence-electron chi connectivity index (χ0n) is 14.1. The number of nitrogens with zero attached hydrogens (tertiary/aromatic N) is 1. The average Bonchev–Trinajstić information content (AvgIpc) is 2.54. The Morgan fingerprint density at radius 1 is 1.08 bits per heavy atom. The number of hydrogen-bond donors (Lipinski definition) is 3. The summed E-state index contributed by atoms with van der Waals surface area (Å²) in [4.78, 5) is 11.9. The van der Waals surface area contributed by atoms with Crippen molar-refractivity contribution >= 4 is 27.4 Å². The molecule has 0 spiro atoms. The van der Waals surface area contributed by atoms with Crippen LogP contribution in [0.2, 0.25) is 0 Å². The van der Waals surface area contributed by atoms with Crippen LogP contribution in [0.15, 0.2) is 59.1 Å². The maximum Gasteiger partial charge on any atom is 0.294 e. The largest absolute Gasteiger partial charge is 0.360 e. The molecule has 0 unspecified atom stereocenters. The van der Waals surface area contributed by atoms with Crippen LogP contribution in [0.1, 0.15) is 11.1 Å². The quantitative estimate of drug-likeness (QED) is 0.422. The van der Waals surface area contributed by atoms with Gasteiger partial charge in [0.15, 0.2) is 0 Å². The lowest BCUT2D eigenvalue weighted by Crippen LogP contribution is -2.14. The van der Waals surface area contributed by atoms with Crippen molar-refractivity contribution in [3.63, 3.8) is 0 Å². The number of nitriles is 1. The number of aryl methyl sites for hydroxylation is 2. The molecule has 0 aromatic heterocycles. The fourth-order valence-electron chi connectivity index (χ4n) is 2.27. The third kappa shape index (κ3) is 5.17. The van der Waals surface area contributed by atoms with Crippen molar-refractivity contribution in [2.24, 2.45) is 0 Å². The van der Waals surface area contributed by atoms with Crippen LogP contribution in [0.4, 0.5) is 11.4 Å². The van der Waals surface area contributed by atoms with Crippen LogP contribution < -0.4 is 10.6 Å². The second-order valence-corrected chi connectivity index (χ2v) is 7.07. The van der Waals surface area contributed by atoms with E-state index in [2.05, 4.69) is 10.6 Å². The van der Waals surface area contributed by atoms with Crippen LogP contribution in [-0.2, 0) is 14.9 Å². The molecule has 7 nitrogen and oxygen atoms in total. The summed E-state index contributed by atoms with van der Waals surface area (Å²) < 4.78 is 30.9. The smallest absolute Gasteiger partial charge is 0.294 e. The molecule has 0 fully saturated rings. The molecule has 134 valence electrons. The van der Waals surface area contributed by atoms with E-state index < -0.39 is 16.0 Å². The number of nitrogens with one attached hydrogen (secondary N) is 2. The first-order valence-electron chi connectivity index (χ1n) is 7.53. The zero-order chi connectivity index (χ0) is 19.3. The van der Waals surface area contributed by atoms with Gasteiger partial charge < -0.3 is 10.6 Å². The van der Waals surface area contributed by atoms with E-state index in [1.165, 1.54) is 18.3 Å². The van der Waals surface area contributed by atoms with E-state index in [0.717, 1.165) is 28.9 Å². The minimum Gasteiger partial charge on any atom is -0.360 e. The first kappa shape index (κ1) is 19.2. The fourth-order valence-corrected chi connectivity index (χ4v) is 2.75. The molecule has 0 bridgehead atoms. The van der Waals surface area contributed by atoms with Gasteiger partial charge in [0.25, 0.3) is 16.0 Å². The molecule has 0 atom stereocenters. The zero-order valence-corrected chi connectivity index (χ0v) is 15.0. The Morgan fingerprint density at radius 3 is 2.15 bits per heavy atom. The number of carbonyl (C=O) groups excluding carboxylic acids is 1. The highest BCUT2D eigenvalue weighted by Gasteiger charge is 2.12. The van der Waals surface area contributed by atoms with Crippen molar-refractivity contribution in [3.8, 4) is 6.07 Å². The molecule has 0 saturated heterocycles. The van der Waals surface area contributed by atoms with Crippen molar-refractivity contribution in [2.75, 3.05) is 10.6 Å². The van der Waals surface area contributed by atoms with Gasteiger partial charge in [-0.3, -0.25) is 9.35 Å². The van der Waals surface area contributed by atoms with Crippen LogP contribution in [0, 0.1) is 25.2 Å². The van der Waals surface area contributed by atoms with Crippen LogP contribution >= 0.6 is 0 Å². The Bertz CT molecular complexity index is 983. The van der Waals surface area contributed by atoms with Crippen LogP contribution in [-0.4, -0.2) is 18.9 Å². The van der Waals surface area contributed by atoms with Crippen molar-refractivity contribution in [1.29, 1.82) is 5.26 Å². The predicted molar refractivity (Wildman–Crippen MR) is 98.1 cm³/mol. The fraction of sp³-hybridized carbons (Fsp3) is 0.111. The minimum atomic E-state index is -4.30. The van der Waals surface area contributed by atoms with E-state index in [-0.39, 0.29) is 16.2 Å². The molecule has 0 aliphatic carbocycles. The first-order chi connectivity index (χ1) is 12.2. The lowest BCUT2D eigenvalue weighted by molar-refractivity contribution is -0.112. The number of anilines is 2. The van der Waals surface area contributed by atoms with E-state index in [9.17, 15) is 18.5 Å². The molecule has 2 aromatic rings. The highest BCUT2D eigenvalue weighted by atomic mass is 32.2. The molecular formula is C18H17N3O4S. The summed E-state index contributed by atoms with van der Waals surface area (Å²) in [7, 11) is -4.30. The monoisotopic (exact) mass is 371 g/mol. The van der Waals surface area contributed by atoms with Gasteiger partial charge in [-0.2, -0.15) is 13.7 Å². The molecule has 2 rings (SSSR count). The van der Waals surface area contributed by atoms with Gasteiger partial charge in [-0.15, -0.1) is 0 Å². The third-order valence-corrected chi connectivity index (χ3v) is 4.25. The highest BCUT2D eigenvalue weighted by Crippen LogP contribution is 2.16. The molecule has 0 saturated carbocycles. The number of amides is 1. The molecule has 0 aliphatic heterocycles. The number of hydrogen-bond acceptors (Lipinski definition) is 5. The van der Waals surface area contributed by atoms with Crippen molar-refractivity contribution < 1.29 is 17.8 Å². The van der Waals surface area contributed by atoms with E-state index in [4.69, 9.17) is 4.55 Å². The van der Waals surface area contributed by atoms with Gasteiger partial charge in [0.2, 0.25) is 0 Å². The van der Waals surface area contributed by atoms with Gasteiger partial charge in [-0.1, -0.05) is 6.07 Å². The summed E-state index contributed by atoms with van der Waals surface area (Å²) in [5.41, 5.74) is 2.98. The summed E-state index contributed by atoms with van der Waals surface area (Å²) in [6.45, 7) is 3.88. The van der Waals surface area contributed by atoms with Gasteiger partial charge in [0, 0.05) is 17.6 Å². The van der Waals surface area contributed by atoms with Crippen LogP contribution in [0.5, 0.6) is 0 Å². The Labute approximate surface area is 151 Å². The molecule has 0 radical (unpaired) electrons. The SMILES string of the molecule is Cc1cc(C)cc(N/C=C(/C#N)C(=O)Nc2ccc(S(=O)(=O)O)cc2)c1. The van der Waals surface area contributed by atoms with Gasteiger partial charge in [-0.05, 0) is 61.4 Å². The van der Waals surface area contributed by atoms with E-state index in [1.54, 1.807) is 0 Å². The van der Waals surface area contributed by atoms with E-state index in [1.807, 2.05) is 38.1 Å². The predicted octanol–water partition coefficient (Wildman–Crippen LogP) is 3.01. The van der Waals surface area contributed by atoms with Crippen molar-refractivity contribution in [2.45, 2.75) is 18.7 Å². The Kier molecular flexibility index (Phi) is 5.77. The molecule has 26 heavy (non-hydrogen) atoms. The van der Waals surface area contributed by atoms with Crippen LogP contribution in [0.3, 0.4) is 0 Å². The lowest BCUT2D eigenvalue weighted by Gasteiger charge is -2.07. The number of rotatable bonds is 5. The van der Waals surface area contributed by atoms with Gasteiger partial charge in [0.1, 0.15) is 11.6 Å². The summed E-state index contributed by atoms with van der Waals surface area (Å²) in [5.74, 6) is -0.649. The van der Waals surface area contributed by atoms with Crippen LogP contribution in [0.25, 0.3) is 0 Å². The average molecular weight is 371 g/mol. The molecule has 2 aromatic carbocycles. The Hall–Kier alpha value is -3.15. The van der Waals surface area contributed by atoms with E-state index in [0.29, 0.717) is 0 Å². The summed E-state index contributed by atoms with van der Waals surface area (Å²) in [6, 6.07) is 12.5. The lowest BCUT2D eigenvalue weighted by atomic mass is 10.1. The van der Waals surface area contributed by atoms with Gasteiger partial charge in [0.05, 0.1) is 4.90 Å². The summed E-state index contributed by atoms with van der Waals surface area (Å²) in [5, 5.41) is 14.6. The maximum atomic E-state index is 12.2. The second kappa shape index (κ2) is 7.82. The first-order valence-corrected chi connectivity index (χ1v) is 8.97. The van der Waals surface area contributed by atoms with Crippen molar-refractivity contribution in [3.05, 3.63) is 65.4 Å². The second-order valence-electron chi connectivity index (χ2n) is 5.64. The van der Waals surface area contributed by atoms with Crippen molar-refractivity contribution in [1.82, 2.24) is 0 Å². The standard InChI is InChI=1S/C18H17N3O4S/c1-12-7-13(2)9-16(8-12)20-11-14(10-19)18(22)21-15-3-5-17(6-4-15)26(23,24)25/h3-9,11,20H,1-2H3,(H,21,22)(H,23,24,25)/b14-11-. The molecule has 8 heteroatoms. The van der Waals surface area contributed by atoms with Gasteiger partial charge in [-0.25, -0.2) is 0 Å². The molecular weight excluding hydrogens is 354 g/mol. The highest BCUT2D eigenvalue weighted by molar-refractivity contribution is 7.85. The minimum absolute atomic E-state index is 0.150. The number of carbonyl (C=O) groups is 1. The third-order valence-electron chi connectivity index (χ3n) is 3.38. The summed E-state index contributed by atoms with van der Waals surface area (Å²) >= 11 is 0. The topological polar surface area (TPSA) is 119 Å². The summed E-state index contributed by atoms with van der Waals surface area (Å²) in [6.07, 6.45) is 1.30. The Morgan fingerprint density at radius 2 is 1.65 bits per heavy atom. The molecule has 0 heterocycles. The number of benzene rings is 2. The van der Waals surface area contributed by atoms with Gasteiger partial charge >= 0.3 is 0 Å². The van der Waals surface area contributed by atoms with E-state index >= 15 is 0 Å². The maximum absolute atomic E-state index is 12.2.